The molecule has 100 valence electrons. The first kappa shape index (κ1) is 15.0. The van der Waals surface area contributed by atoms with Gasteiger partial charge in [0.25, 0.3) is 0 Å². The summed E-state index contributed by atoms with van der Waals surface area (Å²) in [7, 11) is 0. The van der Waals surface area contributed by atoms with Gasteiger partial charge in [-0.25, -0.2) is 4.39 Å². The lowest BCUT2D eigenvalue weighted by atomic mass is 10.1. The van der Waals surface area contributed by atoms with E-state index in [1.807, 2.05) is 6.92 Å². The third kappa shape index (κ3) is 5.08. The number of halogens is 1. The van der Waals surface area contributed by atoms with Gasteiger partial charge in [-0.15, -0.1) is 0 Å². The number of thiocarbonyl (C=S) groups is 1. The minimum absolute atomic E-state index is 0.246. The highest BCUT2D eigenvalue weighted by Crippen LogP contribution is 2.12. The number of benzene rings is 1. The van der Waals surface area contributed by atoms with Crippen molar-refractivity contribution in [1.29, 1.82) is 0 Å². The molecule has 0 radical (unpaired) electrons. The van der Waals surface area contributed by atoms with E-state index in [-0.39, 0.29) is 17.4 Å². The highest BCUT2D eigenvalue weighted by molar-refractivity contribution is 7.80. The second kappa shape index (κ2) is 8.13. The first-order chi connectivity index (χ1) is 8.65. The Balaban J connectivity index is 2.45. The van der Waals surface area contributed by atoms with Crippen LogP contribution in [-0.2, 0) is 16.1 Å². The average Bonchev–Trinajstić information content (AvgIpc) is 2.33. The van der Waals surface area contributed by atoms with E-state index < -0.39 is 0 Å². The first-order valence-corrected chi connectivity index (χ1v) is 6.29. The molecule has 0 saturated heterocycles. The highest BCUT2D eigenvalue weighted by Gasteiger charge is 2.06. The number of nitrogens with two attached hydrogens (primary N) is 1. The molecule has 0 aliphatic rings. The minimum Gasteiger partial charge on any atom is -0.389 e. The molecule has 0 aliphatic carbocycles. The fourth-order valence-corrected chi connectivity index (χ4v) is 1.67. The van der Waals surface area contributed by atoms with Crippen molar-refractivity contribution in [2.24, 2.45) is 5.73 Å². The van der Waals surface area contributed by atoms with Gasteiger partial charge in [-0.1, -0.05) is 19.1 Å². The fourth-order valence-electron chi connectivity index (χ4n) is 1.47. The Morgan fingerprint density at radius 2 is 2.00 bits per heavy atom. The minimum atomic E-state index is -0.323. The van der Waals surface area contributed by atoms with Crippen molar-refractivity contribution >= 4 is 17.2 Å². The maximum atomic E-state index is 13.1. The van der Waals surface area contributed by atoms with Crippen LogP contribution in [0.25, 0.3) is 0 Å². The van der Waals surface area contributed by atoms with Gasteiger partial charge in [0.1, 0.15) is 10.8 Å². The summed E-state index contributed by atoms with van der Waals surface area (Å²) in [5.41, 5.74) is 6.88. The van der Waals surface area contributed by atoms with Crippen LogP contribution in [0.1, 0.15) is 24.5 Å². The van der Waals surface area contributed by atoms with Gasteiger partial charge in [-0.3, -0.25) is 0 Å². The van der Waals surface area contributed by atoms with E-state index >= 15 is 0 Å². The lowest BCUT2D eigenvalue weighted by Gasteiger charge is -2.09. The molecule has 0 spiro atoms. The maximum absolute atomic E-state index is 13.1. The second-order valence-electron chi connectivity index (χ2n) is 3.83. The molecule has 0 aliphatic heterocycles. The Bertz CT molecular complexity index is 399. The van der Waals surface area contributed by atoms with Crippen molar-refractivity contribution in [2.75, 3.05) is 19.8 Å². The fraction of sp³-hybridized carbons (Fsp3) is 0.462. The van der Waals surface area contributed by atoms with Crippen LogP contribution in [0.15, 0.2) is 18.2 Å². The molecule has 1 aromatic rings. The lowest BCUT2D eigenvalue weighted by molar-refractivity contribution is 0.0407. The maximum Gasteiger partial charge on any atom is 0.123 e. The topological polar surface area (TPSA) is 44.5 Å². The quantitative estimate of drug-likeness (QED) is 0.582. The molecule has 0 bridgehead atoms. The van der Waals surface area contributed by atoms with E-state index in [0.717, 1.165) is 13.0 Å². The molecule has 0 aromatic heterocycles. The Morgan fingerprint density at radius 1 is 1.28 bits per heavy atom. The Hall–Kier alpha value is -1.04. The van der Waals surface area contributed by atoms with Crippen LogP contribution in [0.4, 0.5) is 4.39 Å². The number of ether oxygens (including phenoxy) is 2. The summed E-state index contributed by atoms with van der Waals surface area (Å²) in [6, 6.07) is 4.30. The molecule has 0 heterocycles. The van der Waals surface area contributed by atoms with Gasteiger partial charge in [0.15, 0.2) is 0 Å². The highest BCUT2D eigenvalue weighted by atomic mass is 32.1. The zero-order chi connectivity index (χ0) is 13.4. The zero-order valence-electron chi connectivity index (χ0n) is 10.4. The Morgan fingerprint density at radius 3 is 2.67 bits per heavy atom. The van der Waals surface area contributed by atoms with Crippen LogP contribution >= 0.6 is 12.2 Å². The monoisotopic (exact) mass is 271 g/mol. The largest absolute Gasteiger partial charge is 0.389 e. The summed E-state index contributed by atoms with van der Waals surface area (Å²) in [5.74, 6) is -0.323. The molecule has 18 heavy (non-hydrogen) atoms. The predicted octanol–water partition coefficient (Wildman–Crippen LogP) is 2.40. The van der Waals surface area contributed by atoms with Crippen LogP contribution in [-0.4, -0.2) is 24.8 Å². The van der Waals surface area contributed by atoms with Crippen LogP contribution in [0, 0.1) is 5.82 Å². The van der Waals surface area contributed by atoms with E-state index in [1.54, 1.807) is 6.07 Å². The molecule has 0 amide bonds. The van der Waals surface area contributed by atoms with Gasteiger partial charge in [0.2, 0.25) is 0 Å². The van der Waals surface area contributed by atoms with Gasteiger partial charge in [-0.05, 0) is 30.2 Å². The van der Waals surface area contributed by atoms with E-state index in [1.165, 1.54) is 12.1 Å². The summed E-state index contributed by atoms with van der Waals surface area (Å²) >= 11 is 4.90. The summed E-state index contributed by atoms with van der Waals surface area (Å²) in [6.07, 6.45) is 0.982. The van der Waals surface area contributed by atoms with Crippen LogP contribution in [0.5, 0.6) is 0 Å². The summed E-state index contributed by atoms with van der Waals surface area (Å²) in [6.45, 7) is 4.04. The van der Waals surface area contributed by atoms with Gasteiger partial charge in [0.05, 0.1) is 19.8 Å². The standard InChI is InChI=1S/C13H18FNO2S/c1-2-5-16-6-7-17-9-10-8-11(14)3-4-12(10)13(15)18/h3-4,8H,2,5-7,9H2,1H3,(H2,15,18). The van der Waals surface area contributed by atoms with E-state index in [2.05, 4.69) is 0 Å². The molecule has 0 unspecified atom stereocenters. The number of hydrogen-bond donors (Lipinski definition) is 1. The van der Waals surface area contributed by atoms with Gasteiger partial charge >= 0.3 is 0 Å². The van der Waals surface area contributed by atoms with Gasteiger partial charge in [0, 0.05) is 12.2 Å². The van der Waals surface area contributed by atoms with Crippen LogP contribution in [0.2, 0.25) is 0 Å². The number of rotatable bonds is 8. The van der Waals surface area contributed by atoms with E-state index in [0.29, 0.717) is 24.3 Å². The summed E-state index contributed by atoms with van der Waals surface area (Å²) in [5, 5.41) is 0. The first-order valence-electron chi connectivity index (χ1n) is 5.89. The predicted molar refractivity (Wildman–Crippen MR) is 73.1 cm³/mol. The molecule has 3 nitrogen and oxygen atoms in total. The zero-order valence-corrected chi connectivity index (χ0v) is 11.3. The molecular formula is C13H18FNO2S. The lowest BCUT2D eigenvalue weighted by Crippen LogP contribution is -2.14. The molecular weight excluding hydrogens is 253 g/mol. The van der Waals surface area contributed by atoms with Crippen molar-refractivity contribution in [3.63, 3.8) is 0 Å². The van der Waals surface area contributed by atoms with Crippen molar-refractivity contribution in [3.8, 4) is 0 Å². The third-order valence-electron chi connectivity index (χ3n) is 2.31. The van der Waals surface area contributed by atoms with Gasteiger partial charge < -0.3 is 15.2 Å². The van der Waals surface area contributed by atoms with Crippen molar-refractivity contribution in [3.05, 3.63) is 35.1 Å². The summed E-state index contributed by atoms with van der Waals surface area (Å²) in [4.78, 5) is 0.246. The second-order valence-corrected chi connectivity index (χ2v) is 4.27. The summed E-state index contributed by atoms with van der Waals surface area (Å²) < 4.78 is 23.8. The van der Waals surface area contributed by atoms with Crippen molar-refractivity contribution in [2.45, 2.75) is 20.0 Å². The molecule has 1 rings (SSSR count). The molecule has 5 heteroatoms. The third-order valence-corrected chi connectivity index (χ3v) is 2.53. The average molecular weight is 271 g/mol. The van der Waals surface area contributed by atoms with Crippen LogP contribution in [0.3, 0.4) is 0 Å². The SMILES string of the molecule is CCCOCCOCc1cc(F)ccc1C(N)=S. The molecule has 0 saturated carbocycles. The van der Waals surface area contributed by atoms with Crippen LogP contribution < -0.4 is 5.73 Å². The molecule has 0 fully saturated rings. The molecule has 0 atom stereocenters. The van der Waals surface area contributed by atoms with Crippen molar-refractivity contribution in [1.82, 2.24) is 0 Å². The van der Waals surface area contributed by atoms with E-state index in [9.17, 15) is 4.39 Å². The molecule has 1 aromatic carbocycles. The van der Waals surface area contributed by atoms with E-state index in [4.69, 9.17) is 27.4 Å². The number of hydrogen-bond acceptors (Lipinski definition) is 3. The van der Waals surface area contributed by atoms with Gasteiger partial charge in [-0.2, -0.15) is 0 Å². The normalized spacial score (nSPS) is 10.6. The Labute approximate surface area is 112 Å². The Kier molecular flexibility index (Phi) is 6.78. The smallest absolute Gasteiger partial charge is 0.123 e. The molecule has 2 N–H and O–H groups in total. The van der Waals surface area contributed by atoms with Crippen molar-refractivity contribution < 1.29 is 13.9 Å².